The van der Waals surface area contributed by atoms with E-state index in [-0.39, 0.29) is 6.61 Å². The molecule has 110 valence electrons. The van der Waals surface area contributed by atoms with Gasteiger partial charge >= 0.3 is 0 Å². The Balaban J connectivity index is 2.11. The zero-order chi connectivity index (χ0) is 14.8. The van der Waals surface area contributed by atoms with Crippen LogP contribution < -0.4 is 0 Å². The van der Waals surface area contributed by atoms with E-state index in [1.54, 1.807) is 6.07 Å². The van der Waals surface area contributed by atoms with Crippen LogP contribution in [0.5, 0.6) is 0 Å². The molecule has 2 rings (SSSR count). The van der Waals surface area contributed by atoms with E-state index in [1.807, 2.05) is 16.8 Å². The zero-order valence-corrected chi connectivity index (χ0v) is 13.9. The Bertz CT molecular complexity index is 593. The molecule has 0 saturated carbocycles. The second-order valence-electron chi connectivity index (χ2n) is 6.13. The number of hydrogen-bond acceptors (Lipinski definition) is 3. The summed E-state index contributed by atoms with van der Waals surface area (Å²) in [5, 5.41) is 9.85. The van der Waals surface area contributed by atoms with Crippen LogP contribution in [0.25, 0.3) is 11.0 Å². The summed E-state index contributed by atoms with van der Waals surface area (Å²) in [6.45, 7) is 8.18. The quantitative estimate of drug-likeness (QED) is 0.504. The molecule has 0 radical (unpaired) electrons. The van der Waals surface area contributed by atoms with Gasteiger partial charge in [-0.25, -0.2) is 4.98 Å². The lowest BCUT2D eigenvalue weighted by Crippen LogP contribution is -2.22. The predicted octanol–water partition coefficient (Wildman–Crippen LogP) is 3.49. The van der Waals surface area contributed by atoms with Gasteiger partial charge in [0.15, 0.2) is 0 Å². The maximum absolute atomic E-state index is 9.45. The van der Waals surface area contributed by atoms with Gasteiger partial charge in [0, 0.05) is 26.4 Å². The average Bonchev–Trinajstić information content (AvgIpc) is 2.75. The highest BCUT2D eigenvalue weighted by Gasteiger charge is 2.13. The number of aromatic nitrogens is 2. The van der Waals surface area contributed by atoms with Gasteiger partial charge in [-0.3, -0.25) is 0 Å². The minimum atomic E-state index is -1.06. The third-order valence-electron chi connectivity index (χ3n) is 3.16. The summed E-state index contributed by atoms with van der Waals surface area (Å²) in [4.78, 5) is 4.26. The molecule has 2 heterocycles. The molecular formula is C14H21ClN2O2Si. The number of hydrogen-bond donors (Lipinski definition) is 1. The normalized spacial score (nSPS) is 12.2. The summed E-state index contributed by atoms with van der Waals surface area (Å²) in [5.41, 5.74) is 2.46. The van der Waals surface area contributed by atoms with E-state index in [0.717, 1.165) is 29.2 Å². The van der Waals surface area contributed by atoms with Crippen molar-refractivity contribution in [2.75, 3.05) is 6.61 Å². The molecular weight excluding hydrogens is 292 g/mol. The van der Waals surface area contributed by atoms with Crippen LogP contribution >= 0.6 is 11.6 Å². The number of aliphatic hydroxyl groups excluding tert-OH is 1. The minimum absolute atomic E-state index is 0.0579. The van der Waals surface area contributed by atoms with Crippen LogP contribution in [-0.2, 0) is 18.1 Å². The van der Waals surface area contributed by atoms with Crippen molar-refractivity contribution in [1.29, 1.82) is 0 Å². The van der Waals surface area contributed by atoms with Gasteiger partial charge in [-0.05, 0) is 18.2 Å². The van der Waals surface area contributed by atoms with Gasteiger partial charge in [-0.1, -0.05) is 31.2 Å². The molecule has 0 spiro atoms. The molecule has 2 aromatic rings. The molecule has 0 fully saturated rings. The van der Waals surface area contributed by atoms with Crippen molar-refractivity contribution in [3.63, 3.8) is 0 Å². The molecule has 0 amide bonds. The maximum atomic E-state index is 9.45. The number of nitrogens with zero attached hydrogens (tertiary/aromatic N) is 2. The molecule has 0 atom stereocenters. The largest absolute Gasteiger partial charge is 0.392 e. The second kappa shape index (κ2) is 6.26. The van der Waals surface area contributed by atoms with Gasteiger partial charge in [0.05, 0.1) is 17.6 Å². The average molecular weight is 313 g/mol. The fourth-order valence-corrected chi connectivity index (χ4v) is 3.01. The molecule has 0 aliphatic heterocycles. The van der Waals surface area contributed by atoms with Crippen molar-refractivity contribution in [3.8, 4) is 0 Å². The second-order valence-corrected chi connectivity index (χ2v) is 12.1. The summed E-state index contributed by atoms with van der Waals surface area (Å²) in [5.74, 6) is 0. The molecule has 0 unspecified atom stereocenters. The Labute approximate surface area is 125 Å². The van der Waals surface area contributed by atoms with Crippen LogP contribution in [0.1, 0.15) is 5.56 Å². The third kappa shape index (κ3) is 3.82. The minimum Gasteiger partial charge on any atom is -0.392 e. The van der Waals surface area contributed by atoms with Crippen LogP contribution in [0.3, 0.4) is 0 Å². The lowest BCUT2D eigenvalue weighted by molar-refractivity contribution is 0.0900. The number of halogens is 1. The number of pyridine rings is 1. The number of aliphatic hydroxyl groups is 1. The monoisotopic (exact) mass is 312 g/mol. The van der Waals surface area contributed by atoms with Crippen molar-refractivity contribution in [3.05, 3.63) is 29.0 Å². The van der Waals surface area contributed by atoms with Crippen molar-refractivity contribution >= 4 is 30.7 Å². The van der Waals surface area contributed by atoms with E-state index in [1.165, 1.54) is 0 Å². The topological polar surface area (TPSA) is 47.3 Å². The van der Waals surface area contributed by atoms with Gasteiger partial charge in [0.2, 0.25) is 0 Å². The molecule has 2 aromatic heterocycles. The van der Waals surface area contributed by atoms with Crippen LogP contribution in [-0.4, -0.2) is 29.3 Å². The van der Waals surface area contributed by atoms with E-state index < -0.39 is 8.07 Å². The number of ether oxygens (including phenoxy) is 1. The van der Waals surface area contributed by atoms with Crippen LogP contribution in [0.4, 0.5) is 0 Å². The van der Waals surface area contributed by atoms with E-state index in [9.17, 15) is 5.11 Å². The van der Waals surface area contributed by atoms with Crippen molar-refractivity contribution in [1.82, 2.24) is 9.55 Å². The first-order chi connectivity index (χ1) is 9.40. The molecule has 4 nitrogen and oxygen atoms in total. The third-order valence-corrected chi connectivity index (χ3v) is 5.06. The first kappa shape index (κ1) is 15.5. The lowest BCUT2D eigenvalue weighted by Gasteiger charge is -2.16. The van der Waals surface area contributed by atoms with E-state index >= 15 is 0 Å². The molecule has 6 heteroatoms. The standard InChI is InChI=1S/C14H21ClN2O2Si/c1-20(2,3)7-6-19-10-17-5-4-12-14(17)11(9-18)8-13(15)16-12/h4-5,8,18H,6-7,9-10H2,1-3H3. The van der Waals surface area contributed by atoms with E-state index in [2.05, 4.69) is 24.6 Å². The summed E-state index contributed by atoms with van der Waals surface area (Å²) in [6, 6.07) is 4.73. The summed E-state index contributed by atoms with van der Waals surface area (Å²) in [7, 11) is -1.06. The molecule has 0 bridgehead atoms. The van der Waals surface area contributed by atoms with E-state index in [4.69, 9.17) is 16.3 Å². The molecule has 0 saturated heterocycles. The van der Waals surface area contributed by atoms with Crippen molar-refractivity contribution < 1.29 is 9.84 Å². The Morgan fingerprint density at radius 2 is 2.15 bits per heavy atom. The van der Waals surface area contributed by atoms with E-state index in [0.29, 0.717) is 11.9 Å². The van der Waals surface area contributed by atoms with Crippen LogP contribution in [0.15, 0.2) is 18.3 Å². The molecule has 0 aliphatic rings. The fourth-order valence-electron chi connectivity index (χ4n) is 2.03. The van der Waals surface area contributed by atoms with Gasteiger partial charge < -0.3 is 14.4 Å². The Morgan fingerprint density at radius 1 is 1.40 bits per heavy atom. The van der Waals surface area contributed by atoms with Crippen LogP contribution in [0.2, 0.25) is 30.8 Å². The Hall–Kier alpha value is -0.883. The highest BCUT2D eigenvalue weighted by molar-refractivity contribution is 6.76. The zero-order valence-electron chi connectivity index (χ0n) is 12.2. The molecule has 0 aliphatic carbocycles. The van der Waals surface area contributed by atoms with Gasteiger partial charge in [0.25, 0.3) is 0 Å². The van der Waals surface area contributed by atoms with Crippen LogP contribution in [0, 0.1) is 0 Å². The molecule has 1 N–H and O–H groups in total. The first-order valence-electron chi connectivity index (χ1n) is 6.73. The predicted molar refractivity (Wildman–Crippen MR) is 84.8 cm³/mol. The summed E-state index contributed by atoms with van der Waals surface area (Å²) in [6.07, 6.45) is 1.92. The number of rotatable bonds is 6. The molecule has 20 heavy (non-hydrogen) atoms. The van der Waals surface area contributed by atoms with Gasteiger partial charge in [0.1, 0.15) is 11.9 Å². The highest BCUT2D eigenvalue weighted by Crippen LogP contribution is 2.22. The Morgan fingerprint density at radius 3 is 2.80 bits per heavy atom. The van der Waals surface area contributed by atoms with Crippen molar-refractivity contribution in [2.24, 2.45) is 0 Å². The SMILES string of the molecule is C[Si](C)(C)CCOCn1ccc2nc(Cl)cc(CO)c21. The maximum Gasteiger partial charge on any atom is 0.130 e. The molecule has 0 aromatic carbocycles. The Kier molecular flexibility index (Phi) is 4.85. The summed E-state index contributed by atoms with van der Waals surface area (Å²) < 4.78 is 7.71. The van der Waals surface area contributed by atoms with Gasteiger partial charge in [-0.2, -0.15) is 0 Å². The van der Waals surface area contributed by atoms with Crippen molar-refractivity contribution in [2.45, 2.75) is 39.0 Å². The highest BCUT2D eigenvalue weighted by atomic mass is 35.5. The number of fused-ring (bicyclic) bond motifs is 1. The first-order valence-corrected chi connectivity index (χ1v) is 10.8. The lowest BCUT2D eigenvalue weighted by atomic mass is 10.2. The van der Waals surface area contributed by atoms with Gasteiger partial charge in [-0.15, -0.1) is 0 Å². The fraction of sp³-hybridized carbons (Fsp3) is 0.500. The summed E-state index contributed by atoms with van der Waals surface area (Å²) >= 11 is 5.93. The smallest absolute Gasteiger partial charge is 0.130 e.